The number of carbonyl (C=O) groups is 1. The molecule has 0 bridgehead atoms. The first-order valence-corrected chi connectivity index (χ1v) is 8.34. The minimum Gasteiger partial charge on any atom is -0.468 e. The van der Waals surface area contributed by atoms with Gasteiger partial charge in [0, 0.05) is 12.6 Å². The van der Waals surface area contributed by atoms with E-state index in [-0.39, 0.29) is 5.97 Å². The fourth-order valence-corrected chi connectivity index (χ4v) is 3.15. The zero-order chi connectivity index (χ0) is 18.3. The van der Waals surface area contributed by atoms with E-state index in [0.717, 1.165) is 35.2 Å². The van der Waals surface area contributed by atoms with Gasteiger partial charge in [0.25, 0.3) is 0 Å². The molecule has 1 fully saturated rings. The summed E-state index contributed by atoms with van der Waals surface area (Å²) in [4.78, 5) is 20.9. The van der Waals surface area contributed by atoms with Gasteiger partial charge in [0.2, 0.25) is 0 Å². The van der Waals surface area contributed by atoms with Gasteiger partial charge in [0.1, 0.15) is 5.82 Å². The summed E-state index contributed by atoms with van der Waals surface area (Å²) in [7, 11) is 3.21. The minimum atomic E-state index is -0.458. The van der Waals surface area contributed by atoms with Crippen LogP contribution >= 0.6 is 0 Å². The van der Waals surface area contributed by atoms with Crippen molar-refractivity contribution < 1.29 is 9.53 Å². The Morgan fingerprint density at radius 2 is 1.77 bits per heavy atom. The molecule has 4 rings (SSSR count). The number of benzene rings is 1. The summed E-state index contributed by atoms with van der Waals surface area (Å²) in [5.74, 6) is 0.386. The number of rotatable bonds is 4. The number of ether oxygens (including phenoxy) is 1. The zero-order valence-corrected chi connectivity index (χ0v) is 14.6. The SMILES string of the molecule is COC(=O)C1(c2ccc(-c3cnc(-c4cnn(C)c4N)cn3)cc2)CC1. The number of anilines is 1. The normalized spacial score (nSPS) is 14.8. The second kappa shape index (κ2) is 5.94. The van der Waals surface area contributed by atoms with E-state index in [1.165, 1.54) is 7.11 Å². The Morgan fingerprint density at radius 3 is 2.27 bits per heavy atom. The maximum absolute atomic E-state index is 12.0. The second-order valence-electron chi connectivity index (χ2n) is 6.51. The van der Waals surface area contributed by atoms with Crippen molar-refractivity contribution in [1.82, 2.24) is 19.7 Å². The van der Waals surface area contributed by atoms with Gasteiger partial charge in [-0.2, -0.15) is 5.10 Å². The smallest absolute Gasteiger partial charge is 0.316 e. The molecule has 1 saturated carbocycles. The monoisotopic (exact) mass is 349 g/mol. The molecule has 7 heteroatoms. The highest BCUT2D eigenvalue weighted by Crippen LogP contribution is 2.49. The predicted molar refractivity (Wildman–Crippen MR) is 97.0 cm³/mol. The first kappa shape index (κ1) is 16.3. The first-order valence-electron chi connectivity index (χ1n) is 8.34. The predicted octanol–water partition coefficient (Wildman–Crippen LogP) is 2.33. The summed E-state index contributed by atoms with van der Waals surface area (Å²) in [5, 5.41) is 4.12. The highest BCUT2D eigenvalue weighted by atomic mass is 16.5. The maximum Gasteiger partial charge on any atom is 0.316 e. The molecule has 0 saturated heterocycles. The number of hydrogen-bond donors (Lipinski definition) is 1. The molecule has 26 heavy (non-hydrogen) atoms. The molecule has 2 N–H and O–H groups in total. The summed E-state index contributed by atoms with van der Waals surface area (Å²) >= 11 is 0. The van der Waals surface area contributed by atoms with E-state index in [1.54, 1.807) is 30.3 Å². The van der Waals surface area contributed by atoms with Gasteiger partial charge in [-0.05, 0) is 18.4 Å². The molecular weight excluding hydrogens is 330 g/mol. The molecule has 0 aliphatic heterocycles. The van der Waals surface area contributed by atoms with Crippen molar-refractivity contribution in [2.24, 2.45) is 7.05 Å². The van der Waals surface area contributed by atoms with Crippen LogP contribution in [0.5, 0.6) is 0 Å². The lowest BCUT2D eigenvalue weighted by Crippen LogP contribution is -2.21. The van der Waals surface area contributed by atoms with Crippen molar-refractivity contribution in [2.75, 3.05) is 12.8 Å². The van der Waals surface area contributed by atoms with Crippen LogP contribution in [0.25, 0.3) is 22.5 Å². The molecule has 0 radical (unpaired) electrons. The average molecular weight is 349 g/mol. The number of nitrogens with two attached hydrogens (primary N) is 1. The topological polar surface area (TPSA) is 95.9 Å². The molecule has 0 spiro atoms. The maximum atomic E-state index is 12.0. The summed E-state index contributed by atoms with van der Waals surface area (Å²) < 4.78 is 6.53. The number of nitrogens with zero attached hydrogens (tertiary/aromatic N) is 4. The highest BCUT2D eigenvalue weighted by Gasteiger charge is 2.52. The standard InChI is InChI=1S/C19H19N5O2/c1-24-17(20)14(9-23-24)16-11-21-15(10-22-16)12-3-5-13(6-4-12)19(7-8-19)18(25)26-2/h3-6,9-11H,7-8,20H2,1-2H3. The molecule has 0 unspecified atom stereocenters. The van der Waals surface area contributed by atoms with Crippen molar-refractivity contribution >= 4 is 11.8 Å². The van der Waals surface area contributed by atoms with Crippen molar-refractivity contribution in [3.8, 4) is 22.5 Å². The molecule has 132 valence electrons. The van der Waals surface area contributed by atoms with E-state index < -0.39 is 5.41 Å². The number of methoxy groups -OCH3 is 1. The van der Waals surface area contributed by atoms with Crippen LogP contribution in [0.4, 0.5) is 5.82 Å². The van der Waals surface area contributed by atoms with Crippen LogP contribution in [0, 0.1) is 0 Å². The molecule has 0 amide bonds. The molecule has 1 aliphatic carbocycles. The summed E-state index contributed by atoms with van der Waals surface area (Å²) in [6, 6.07) is 7.85. The number of carbonyl (C=O) groups excluding carboxylic acids is 1. The molecule has 2 aromatic heterocycles. The van der Waals surface area contributed by atoms with Crippen molar-refractivity contribution in [2.45, 2.75) is 18.3 Å². The van der Waals surface area contributed by atoms with Gasteiger partial charge in [-0.1, -0.05) is 24.3 Å². The Kier molecular flexibility index (Phi) is 3.72. The lowest BCUT2D eigenvalue weighted by atomic mass is 9.95. The highest BCUT2D eigenvalue weighted by molar-refractivity contribution is 5.86. The lowest BCUT2D eigenvalue weighted by Gasteiger charge is -2.13. The quantitative estimate of drug-likeness (QED) is 0.726. The molecule has 2 heterocycles. The fourth-order valence-electron chi connectivity index (χ4n) is 3.15. The number of aromatic nitrogens is 4. The second-order valence-corrected chi connectivity index (χ2v) is 6.51. The van der Waals surface area contributed by atoms with Crippen LogP contribution in [0.3, 0.4) is 0 Å². The Bertz CT molecular complexity index is 957. The molecule has 3 aromatic rings. The van der Waals surface area contributed by atoms with Gasteiger partial charge < -0.3 is 10.5 Å². The van der Waals surface area contributed by atoms with E-state index in [0.29, 0.717) is 11.5 Å². The van der Waals surface area contributed by atoms with Crippen LogP contribution < -0.4 is 5.73 Å². The molecule has 1 aromatic carbocycles. The Hall–Kier alpha value is -3.22. The third kappa shape index (κ3) is 2.52. The van der Waals surface area contributed by atoms with Crippen LogP contribution in [0.1, 0.15) is 18.4 Å². The number of hydrogen-bond acceptors (Lipinski definition) is 6. The average Bonchev–Trinajstić information content (AvgIpc) is 3.43. The Morgan fingerprint density at radius 1 is 1.12 bits per heavy atom. The van der Waals surface area contributed by atoms with Crippen LogP contribution in [0.15, 0.2) is 42.9 Å². The molecular formula is C19H19N5O2. The molecule has 0 atom stereocenters. The van der Waals surface area contributed by atoms with Crippen molar-refractivity contribution in [1.29, 1.82) is 0 Å². The Labute approximate surface area is 150 Å². The summed E-state index contributed by atoms with van der Waals surface area (Å²) in [5.41, 5.74) is 9.64. The van der Waals surface area contributed by atoms with Crippen LogP contribution in [-0.2, 0) is 22.0 Å². The first-order chi connectivity index (χ1) is 12.5. The summed E-state index contributed by atoms with van der Waals surface area (Å²) in [6.07, 6.45) is 6.74. The third-order valence-corrected chi connectivity index (χ3v) is 4.97. The van der Waals surface area contributed by atoms with Crippen molar-refractivity contribution in [3.63, 3.8) is 0 Å². The fraction of sp³-hybridized carbons (Fsp3) is 0.263. The number of aryl methyl sites for hydroxylation is 1. The lowest BCUT2D eigenvalue weighted by molar-refractivity contribution is -0.143. The van der Waals surface area contributed by atoms with E-state index >= 15 is 0 Å². The number of nitrogen functional groups attached to an aromatic ring is 1. The van der Waals surface area contributed by atoms with E-state index in [1.807, 2.05) is 24.3 Å². The van der Waals surface area contributed by atoms with Crippen molar-refractivity contribution in [3.05, 3.63) is 48.4 Å². The Balaban J connectivity index is 1.59. The summed E-state index contributed by atoms with van der Waals surface area (Å²) in [6.45, 7) is 0. The minimum absolute atomic E-state index is 0.163. The largest absolute Gasteiger partial charge is 0.468 e. The van der Waals surface area contributed by atoms with Gasteiger partial charge in [0.05, 0.1) is 48.1 Å². The van der Waals surface area contributed by atoms with Gasteiger partial charge >= 0.3 is 5.97 Å². The third-order valence-electron chi connectivity index (χ3n) is 4.97. The van der Waals surface area contributed by atoms with Crippen LogP contribution in [-0.4, -0.2) is 32.8 Å². The zero-order valence-electron chi connectivity index (χ0n) is 14.6. The van der Waals surface area contributed by atoms with E-state index in [9.17, 15) is 4.79 Å². The molecule has 1 aliphatic rings. The van der Waals surface area contributed by atoms with Gasteiger partial charge in [-0.3, -0.25) is 19.4 Å². The number of esters is 1. The van der Waals surface area contributed by atoms with E-state index in [4.69, 9.17) is 10.5 Å². The van der Waals surface area contributed by atoms with E-state index in [2.05, 4.69) is 15.1 Å². The molecule has 7 nitrogen and oxygen atoms in total. The van der Waals surface area contributed by atoms with Crippen LogP contribution in [0.2, 0.25) is 0 Å². The van der Waals surface area contributed by atoms with Gasteiger partial charge in [0.15, 0.2) is 0 Å². The van der Waals surface area contributed by atoms with Gasteiger partial charge in [-0.15, -0.1) is 0 Å². The van der Waals surface area contributed by atoms with Gasteiger partial charge in [-0.25, -0.2) is 0 Å².